The Morgan fingerprint density at radius 2 is 2.38 bits per heavy atom. The van der Waals surface area contributed by atoms with Crippen LogP contribution in [0, 0.1) is 0 Å². The van der Waals surface area contributed by atoms with E-state index in [1.165, 1.54) is 0 Å². The van der Waals surface area contributed by atoms with E-state index in [2.05, 4.69) is 5.32 Å². The van der Waals surface area contributed by atoms with Crippen molar-refractivity contribution in [2.75, 3.05) is 19.6 Å². The van der Waals surface area contributed by atoms with Crippen molar-refractivity contribution in [3.63, 3.8) is 0 Å². The number of piperazine rings is 1. The molecule has 4 nitrogen and oxygen atoms in total. The molecule has 4 heteroatoms. The van der Waals surface area contributed by atoms with Crippen molar-refractivity contribution in [3.05, 3.63) is 0 Å². The Hall–Kier alpha value is -0.900. The van der Waals surface area contributed by atoms with Gasteiger partial charge in [0, 0.05) is 19.5 Å². The fraction of sp³-hybridized carbons (Fsp3) is 0.778. The van der Waals surface area contributed by atoms with Crippen molar-refractivity contribution < 1.29 is 9.59 Å². The Morgan fingerprint density at radius 1 is 1.69 bits per heavy atom. The van der Waals surface area contributed by atoms with Crippen LogP contribution in [-0.4, -0.2) is 42.3 Å². The summed E-state index contributed by atoms with van der Waals surface area (Å²) in [6.07, 6.45) is 0.541. The minimum Gasteiger partial charge on any atom is -0.354 e. The van der Waals surface area contributed by atoms with E-state index < -0.39 is 0 Å². The number of Topliss-reactive ketones (excluding diaryl/α,β-unsaturated/α-hetero) is 1. The predicted molar refractivity (Wildman–Crippen MR) is 49.3 cm³/mol. The number of amides is 1. The molecule has 0 aromatic carbocycles. The summed E-state index contributed by atoms with van der Waals surface area (Å²) in [4.78, 5) is 24.3. The van der Waals surface area contributed by atoms with E-state index in [0.29, 0.717) is 19.5 Å². The Labute approximate surface area is 78.3 Å². The van der Waals surface area contributed by atoms with Gasteiger partial charge in [-0.05, 0) is 6.92 Å². The zero-order chi connectivity index (χ0) is 9.84. The summed E-state index contributed by atoms with van der Waals surface area (Å²) in [6.45, 7) is 5.50. The molecule has 0 spiro atoms. The molecule has 1 aliphatic rings. The van der Waals surface area contributed by atoms with Gasteiger partial charge in [-0.3, -0.25) is 14.5 Å². The molecule has 1 rings (SSSR count). The molecule has 0 aliphatic carbocycles. The summed E-state index contributed by atoms with van der Waals surface area (Å²) < 4.78 is 0. The maximum Gasteiger partial charge on any atom is 0.234 e. The molecule has 1 saturated heterocycles. The molecule has 1 N–H and O–H groups in total. The number of carbonyl (C=O) groups excluding carboxylic acids is 2. The summed E-state index contributed by atoms with van der Waals surface area (Å²) in [5.41, 5.74) is 0. The highest BCUT2D eigenvalue weighted by Gasteiger charge is 2.24. The lowest BCUT2D eigenvalue weighted by Gasteiger charge is -2.30. The summed E-state index contributed by atoms with van der Waals surface area (Å²) >= 11 is 0. The third-order valence-electron chi connectivity index (χ3n) is 2.43. The van der Waals surface area contributed by atoms with Crippen LogP contribution in [0.1, 0.15) is 20.3 Å². The highest BCUT2D eigenvalue weighted by Crippen LogP contribution is 2.04. The van der Waals surface area contributed by atoms with Gasteiger partial charge >= 0.3 is 0 Å². The zero-order valence-electron chi connectivity index (χ0n) is 8.17. The van der Waals surface area contributed by atoms with Crippen molar-refractivity contribution in [2.24, 2.45) is 0 Å². The molecule has 0 aromatic heterocycles. The Morgan fingerprint density at radius 3 is 2.92 bits per heavy atom. The van der Waals surface area contributed by atoms with Crippen LogP contribution in [0.25, 0.3) is 0 Å². The van der Waals surface area contributed by atoms with Crippen molar-refractivity contribution in [2.45, 2.75) is 26.3 Å². The fourth-order valence-electron chi connectivity index (χ4n) is 1.49. The lowest BCUT2D eigenvalue weighted by Crippen LogP contribution is -2.52. The molecule has 0 bridgehead atoms. The van der Waals surface area contributed by atoms with E-state index in [-0.39, 0.29) is 17.7 Å². The number of carbonyl (C=O) groups is 2. The predicted octanol–water partition coefficient (Wildman–Crippen LogP) is -0.214. The van der Waals surface area contributed by atoms with Crippen LogP contribution in [0.15, 0.2) is 0 Å². The lowest BCUT2D eigenvalue weighted by molar-refractivity contribution is -0.128. The van der Waals surface area contributed by atoms with Crippen LogP contribution in [0.2, 0.25) is 0 Å². The summed E-state index contributed by atoms with van der Waals surface area (Å²) in [6, 6.07) is -0.115. The number of nitrogens with one attached hydrogen (secondary N) is 1. The van der Waals surface area contributed by atoms with Gasteiger partial charge in [0.05, 0.1) is 12.6 Å². The maximum absolute atomic E-state index is 11.3. The molecule has 1 fully saturated rings. The first-order valence-electron chi connectivity index (χ1n) is 4.68. The van der Waals surface area contributed by atoms with Crippen molar-refractivity contribution in [3.8, 4) is 0 Å². The smallest absolute Gasteiger partial charge is 0.234 e. The van der Waals surface area contributed by atoms with Gasteiger partial charge in [-0.2, -0.15) is 0 Å². The number of hydrogen-bond donors (Lipinski definition) is 1. The fourth-order valence-corrected chi connectivity index (χ4v) is 1.49. The quantitative estimate of drug-likeness (QED) is 0.660. The lowest BCUT2D eigenvalue weighted by atomic mass is 10.1. The minimum absolute atomic E-state index is 0.0157. The van der Waals surface area contributed by atoms with Crippen LogP contribution < -0.4 is 5.32 Å². The molecule has 0 saturated carbocycles. The topological polar surface area (TPSA) is 49.4 Å². The molecule has 1 atom stereocenters. The van der Waals surface area contributed by atoms with Crippen molar-refractivity contribution >= 4 is 11.7 Å². The molecule has 1 aliphatic heterocycles. The van der Waals surface area contributed by atoms with Crippen molar-refractivity contribution in [1.29, 1.82) is 0 Å². The van der Waals surface area contributed by atoms with E-state index in [9.17, 15) is 9.59 Å². The highest BCUT2D eigenvalue weighted by atomic mass is 16.2. The van der Waals surface area contributed by atoms with Crippen LogP contribution in [0.3, 0.4) is 0 Å². The van der Waals surface area contributed by atoms with Gasteiger partial charge in [-0.25, -0.2) is 0 Å². The second-order valence-electron chi connectivity index (χ2n) is 3.32. The van der Waals surface area contributed by atoms with Crippen LogP contribution in [-0.2, 0) is 9.59 Å². The zero-order valence-corrected chi connectivity index (χ0v) is 8.17. The Bertz CT molecular complexity index is 216. The molecular weight excluding hydrogens is 168 g/mol. The molecule has 74 valence electrons. The first-order valence-corrected chi connectivity index (χ1v) is 4.68. The Balaban J connectivity index is 2.50. The molecule has 1 amide bonds. The third-order valence-corrected chi connectivity index (χ3v) is 2.43. The summed E-state index contributed by atoms with van der Waals surface area (Å²) in [7, 11) is 0. The minimum atomic E-state index is -0.115. The number of hydrogen-bond acceptors (Lipinski definition) is 3. The molecule has 13 heavy (non-hydrogen) atoms. The molecule has 1 heterocycles. The van der Waals surface area contributed by atoms with Crippen LogP contribution >= 0.6 is 0 Å². The number of nitrogens with zero attached hydrogens (tertiary/aromatic N) is 1. The van der Waals surface area contributed by atoms with E-state index in [4.69, 9.17) is 0 Å². The molecule has 0 radical (unpaired) electrons. The highest BCUT2D eigenvalue weighted by molar-refractivity contribution is 5.85. The van der Waals surface area contributed by atoms with E-state index >= 15 is 0 Å². The van der Waals surface area contributed by atoms with Gasteiger partial charge in [-0.15, -0.1) is 0 Å². The van der Waals surface area contributed by atoms with Gasteiger partial charge in [0.25, 0.3) is 0 Å². The average molecular weight is 184 g/mol. The summed E-state index contributed by atoms with van der Waals surface area (Å²) in [5.74, 6) is 0.219. The first kappa shape index (κ1) is 10.2. The first-order chi connectivity index (χ1) is 6.15. The van der Waals surface area contributed by atoms with Crippen LogP contribution in [0.5, 0.6) is 0 Å². The van der Waals surface area contributed by atoms with Gasteiger partial charge < -0.3 is 5.32 Å². The van der Waals surface area contributed by atoms with E-state index in [1.807, 2.05) is 18.7 Å². The van der Waals surface area contributed by atoms with Gasteiger partial charge in [0.2, 0.25) is 5.91 Å². The monoisotopic (exact) mass is 184 g/mol. The number of rotatable bonds is 3. The van der Waals surface area contributed by atoms with Gasteiger partial charge in [0.1, 0.15) is 5.78 Å². The van der Waals surface area contributed by atoms with Gasteiger partial charge in [0.15, 0.2) is 0 Å². The summed E-state index contributed by atoms with van der Waals surface area (Å²) in [5, 5.41) is 2.73. The maximum atomic E-state index is 11.3. The average Bonchev–Trinajstić information content (AvgIpc) is 2.15. The Kier molecular flexibility index (Phi) is 3.42. The second kappa shape index (κ2) is 4.37. The van der Waals surface area contributed by atoms with E-state index in [0.717, 1.165) is 6.54 Å². The molecule has 0 aromatic rings. The number of ketones is 1. The SMILES string of the molecule is CCC(=O)C(C)N1CCNC(=O)C1. The normalized spacial score (nSPS) is 20.9. The third kappa shape index (κ3) is 2.52. The van der Waals surface area contributed by atoms with Gasteiger partial charge in [-0.1, -0.05) is 6.92 Å². The molecule has 1 unspecified atom stereocenters. The molecular formula is C9H16N2O2. The second-order valence-corrected chi connectivity index (χ2v) is 3.32. The van der Waals surface area contributed by atoms with Crippen LogP contribution in [0.4, 0.5) is 0 Å². The largest absolute Gasteiger partial charge is 0.354 e. The van der Waals surface area contributed by atoms with Crippen molar-refractivity contribution in [1.82, 2.24) is 10.2 Å². The van der Waals surface area contributed by atoms with E-state index in [1.54, 1.807) is 0 Å². The standard InChI is InChI=1S/C9H16N2O2/c1-3-8(12)7(2)11-5-4-10-9(13)6-11/h7H,3-6H2,1-2H3,(H,10,13).